The van der Waals surface area contributed by atoms with Crippen molar-refractivity contribution in [2.45, 2.75) is 39.0 Å². The second-order valence-electron chi connectivity index (χ2n) is 7.85. The van der Waals surface area contributed by atoms with Crippen LogP contribution in [0.5, 0.6) is 5.75 Å². The molecule has 0 atom stereocenters. The quantitative estimate of drug-likeness (QED) is 0.662. The summed E-state index contributed by atoms with van der Waals surface area (Å²) < 4.78 is 5.46. The van der Waals surface area contributed by atoms with Gasteiger partial charge in [0.2, 0.25) is 0 Å². The highest BCUT2D eigenvalue weighted by Gasteiger charge is 2.16. The van der Waals surface area contributed by atoms with Crippen LogP contribution >= 0.6 is 0 Å². The van der Waals surface area contributed by atoms with Gasteiger partial charge >= 0.3 is 0 Å². The lowest BCUT2D eigenvalue weighted by atomic mass is 10.1. The number of aryl methyl sites for hydroxylation is 1. The van der Waals surface area contributed by atoms with Crippen LogP contribution in [-0.4, -0.2) is 41.3 Å². The third-order valence-corrected chi connectivity index (χ3v) is 5.73. The molecule has 152 valence electrons. The van der Waals surface area contributed by atoms with E-state index < -0.39 is 0 Å². The van der Waals surface area contributed by atoms with E-state index in [0.29, 0.717) is 0 Å². The fourth-order valence-electron chi connectivity index (χ4n) is 3.98. The molecule has 0 spiro atoms. The van der Waals surface area contributed by atoms with Gasteiger partial charge in [-0.15, -0.1) is 0 Å². The molecule has 2 aromatic carbocycles. The maximum Gasteiger partial charge on any atom is 0.145 e. The first-order valence-corrected chi connectivity index (χ1v) is 10.3. The number of aliphatic hydroxyl groups excluding tert-OH is 1. The predicted molar refractivity (Wildman–Crippen MR) is 117 cm³/mol. The number of hydrogen-bond acceptors (Lipinski definition) is 5. The molecule has 0 amide bonds. The number of nitrogens with zero attached hydrogens (tertiary/aromatic N) is 2. The number of piperidine rings is 1. The average molecular weight is 392 g/mol. The lowest BCUT2D eigenvalue weighted by Gasteiger charge is -2.29. The molecule has 0 saturated carbocycles. The fourth-order valence-corrected chi connectivity index (χ4v) is 3.98. The number of ether oxygens (including phenoxy) is 1. The minimum absolute atomic E-state index is 0.118. The van der Waals surface area contributed by atoms with E-state index in [4.69, 9.17) is 4.74 Å². The minimum atomic E-state index is -0.118. The van der Waals surface area contributed by atoms with Gasteiger partial charge in [0.15, 0.2) is 0 Å². The molecule has 0 unspecified atom stereocenters. The van der Waals surface area contributed by atoms with Crippen molar-refractivity contribution in [1.82, 2.24) is 9.88 Å². The van der Waals surface area contributed by atoms with Gasteiger partial charge < -0.3 is 15.2 Å². The molecule has 1 aliphatic heterocycles. The number of likely N-dealkylation sites (tertiary alicyclic amines) is 1. The van der Waals surface area contributed by atoms with Crippen molar-refractivity contribution < 1.29 is 9.84 Å². The molecule has 0 bridgehead atoms. The number of rotatable bonds is 6. The van der Waals surface area contributed by atoms with Gasteiger partial charge in [-0.05, 0) is 42.5 Å². The van der Waals surface area contributed by atoms with Crippen LogP contribution in [-0.2, 0) is 13.1 Å². The number of aromatic nitrogens is 1. The Bertz CT molecular complexity index is 964. The van der Waals surface area contributed by atoms with E-state index >= 15 is 0 Å². The molecule has 2 heterocycles. The van der Waals surface area contributed by atoms with Crippen LogP contribution in [0.4, 0.5) is 5.69 Å². The van der Waals surface area contributed by atoms with E-state index in [1.807, 2.05) is 18.3 Å². The topological polar surface area (TPSA) is 57.6 Å². The Morgan fingerprint density at radius 2 is 1.83 bits per heavy atom. The number of nitrogens with one attached hydrogen (secondary N) is 1. The monoisotopic (exact) mass is 391 g/mol. The molecule has 3 aromatic rings. The molecule has 1 aliphatic rings. The van der Waals surface area contributed by atoms with Crippen LogP contribution in [0.1, 0.15) is 29.5 Å². The largest absolute Gasteiger partial charge is 0.494 e. The summed E-state index contributed by atoms with van der Waals surface area (Å²) in [4.78, 5) is 6.97. The van der Waals surface area contributed by atoms with E-state index in [0.717, 1.165) is 66.9 Å². The van der Waals surface area contributed by atoms with Crippen LogP contribution in [0.15, 0.2) is 48.7 Å². The van der Waals surface area contributed by atoms with E-state index in [2.05, 4.69) is 52.5 Å². The summed E-state index contributed by atoms with van der Waals surface area (Å²) in [5.74, 6) is 0.792. The molecule has 5 heteroatoms. The number of fused-ring (bicyclic) bond motifs is 1. The van der Waals surface area contributed by atoms with Crippen molar-refractivity contribution in [2.24, 2.45) is 0 Å². The SMILES string of the molecule is COc1cccc2c(NCc3ccc(CN4CCC(O)CC4)cc3)c(C)cnc12. The summed E-state index contributed by atoms with van der Waals surface area (Å²) in [6.07, 6.45) is 3.54. The Kier molecular flexibility index (Phi) is 5.97. The molecular weight excluding hydrogens is 362 g/mol. The lowest BCUT2D eigenvalue weighted by molar-refractivity contribution is 0.0792. The number of hydrogen-bond donors (Lipinski definition) is 2. The lowest BCUT2D eigenvalue weighted by Crippen LogP contribution is -2.35. The van der Waals surface area contributed by atoms with E-state index in [1.54, 1.807) is 7.11 Å². The van der Waals surface area contributed by atoms with E-state index in [-0.39, 0.29) is 6.10 Å². The maximum absolute atomic E-state index is 9.65. The number of methoxy groups -OCH3 is 1. The average Bonchev–Trinajstić information content (AvgIpc) is 2.75. The summed E-state index contributed by atoms with van der Waals surface area (Å²) in [5.41, 5.74) is 5.67. The Morgan fingerprint density at radius 3 is 2.55 bits per heavy atom. The normalized spacial score (nSPS) is 15.6. The van der Waals surface area contributed by atoms with E-state index in [1.165, 1.54) is 11.1 Å². The van der Waals surface area contributed by atoms with Crippen LogP contribution in [0.3, 0.4) is 0 Å². The molecule has 1 saturated heterocycles. The van der Waals surface area contributed by atoms with Gasteiger partial charge in [-0.2, -0.15) is 0 Å². The Morgan fingerprint density at radius 1 is 1.10 bits per heavy atom. The third kappa shape index (κ3) is 4.52. The van der Waals surface area contributed by atoms with Gasteiger partial charge in [0, 0.05) is 43.4 Å². The zero-order valence-corrected chi connectivity index (χ0v) is 17.2. The van der Waals surface area contributed by atoms with Gasteiger partial charge in [-0.3, -0.25) is 9.88 Å². The number of para-hydroxylation sites is 1. The van der Waals surface area contributed by atoms with Crippen LogP contribution < -0.4 is 10.1 Å². The van der Waals surface area contributed by atoms with E-state index in [9.17, 15) is 5.11 Å². The van der Waals surface area contributed by atoms with Crippen LogP contribution in [0.2, 0.25) is 0 Å². The highest BCUT2D eigenvalue weighted by atomic mass is 16.5. The first kappa shape index (κ1) is 19.7. The highest BCUT2D eigenvalue weighted by Crippen LogP contribution is 2.31. The number of aliphatic hydroxyl groups is 1. The smallest absolute Gasteiger partial charge is 0.145 e. The minimum Gasteiger partial charge on any atom is -0.494 e. The van der Waals surface area contributed by atoms with Crippen molar-refractivity contribution in [3.63, 3.8) is 0 Å². The van der Waals surface area contributed by atoms with Crippen molar-refractivity contribution in [2.75, 3.05) is 25.5 Å². The number of anilines is 1. The first-order valence-electron chi connectivity index (χ1n) is 10.3. The van der Waals surface area contributed by atoms with Crippen molar-refractivity contribution in [3.05, 3.63) is 65.4 Å². The van der Waals surface area contributed by atoms with Crippen molar-refractivity contribution >= 4 is 16.6 Å². The molecule has 0 aliphatic carbocycles. The molecule has 29 heavy (non-hydrogen) atoms. The molecule has 0 radical (unpaired) electrons. The first-order chi connectivity index (χ1) is 14.1. The van der Waals surface area contributed by atoms with Gasteiger partial charge in [0.05, 0.1) is 13.2 Å². The summed E-state index contributed by atoms with van der Waals surface area (Å²) >= 11 is 0. The fraction of sp³-hybridized carbons (Fsp3) is 0.375. The summed E-state index contributed by atoms with van der Waals surface area (Å²) in [5, 5.41) is 14.3. The van der Waals surface area contributed by atoms with Crippen LogP contribution in [0, 0.1) is 6.92 Å². The van der Waals surface area contributed by atoms with Gasteiger partial charge in [-0.1, -0.05) is 36.4 Å². The number of pyridine rings is 1. The molecule has 4 rings (SSSR count). The standard InChI is InChI=1S/C24H29N3O2/c1-17-14-25-24-21(4-3-5-22(24)29-2)23(17)26-15-18-6-8-19(9-7-18)16-27-12-10-20(28)11-13-27/h3-9,14,20,28H,10-13,15-16H2,1-2H3,(H,25,26). The Balaban J connectivity index is 1.43. The maximum atomic E-state index is 9.65. The molecular formula is C24H29N3O2. The summed E-state index contributed by atoms with van der Waals surface area (Å²) in [6, 6.07) is 14.8. The number of benzene rings is 2. The summed E-state index contributed by atoms with van der Waals surface area (Å²) in [6.45, 7) is 5.74. The predicted octanol–water partition coefficient (Wildman–Crippen LogP) is 4.12. The second-order valence-corrected chi connectivity index (χ2v) is 7.85. The Labute approximate surface area is 172 Å². The molecule has 1 aromatic heterocycles. The zero-order chi connectivity index (χ0) is 20.2. The second kappa shape index (κ2) is 8.80. The van der Waals surface area contributed by atoms with Crippen molar-refractivity contribution in [1.29, 1.82) is 0 Å². The molecule has 5 nitrogen and oxygen atoms in total. The van der Waals surface area contributed by atoms with Gasteiger partial charge in [-0.25, -0.2) is 0 Å². The molecule has 1 fully saturated rings. The zero-order valence-electron chi connectivity index (χ0n) is 17.2. The van der Waals surface area contributed by atoms with Gasteiger partial charge in [0.25, 0.3) is 0 Å². The van der Waals surface area contributed by atoms with Crippen LogP contribution in [0.25, 0.3) is 10.9 Å². The van der Waals surface area contributed by atoms with Gasteiger partial charge in [0.1, 0.15) is 11.3 Å². The molecule has 2 N–H and O–H groups in total. The Hall–Kier alpha value is -2.63. The highest BCUT2D eigenvalue weighted by molar-refractivity contribution is 5.96. The van der Waals surface area contributed by atoms with Crippen molar-refractivity contribution in [3.8, 4) is 5.75 Å². The summed E-state index contributed by atoms with van der Waals surface area (Å²) in [7, 11) is 1.68. The third-order valence-electron chi connectivity index (χ3n) is 5.73.